The summed E-state index contributed by atoms with van der Waals surface area (Å²) in [6.45, 7) is 1.97. The Bertz CT molecular complexity index is 438. The van der Waals surface area contributed by atoms with Crippen LogP contribution in [0.2, 0.25) is 5.15 Å². The van der Waals surface area contributed by atoms with Gasteiger partial charge in [0.1, 0.15) is 5.15 Å². The normalized spacial score (nSPS) is 10.9. The van der Waals surface area contributed by atoms with Gasteiger partial charge in [0, 0.05) is 0 Å². The minimum absolute atomic E-state index is 0.560. The van der Waals surface area contributed by atoms with Crippen molar-refractivity contribution in [2.45, 2.75) is 6.92 Å². The second-order valence-corrected chi connectivity index (χ2v) is 5.32. The molecule has 2 heterocycles. The van der Waals surface area contributed by atoms with Crippen molar-refractivity contribution in [3.63, 3.8) is 0 Å². The Hall–Kier alpha value is -0.120. The number of aryl methyl sites for hydroxylation is 1. The molecule has 0 N–H and O–H groups in total. The van der Waals surface area contributed by atoms with Crippen LogP contribution in [0.5, 0.6) is 0 Å². The molecule has 0 aliphatic heterocycles. The van der Waals surface area contributed by atoms with E-state index in [-0.39, 0.29) is 0 Å². The summed E-state index contributed by atoms with van der Waals surface area (Å²) in [5, 5.41) is 1.72. The van der Waals surface area contributed by atoms with Crippen LogP contribution in [0, 0.1) is 6.92 Å². The first-order valence-electron chi connectivity index (χ1n) is 3.39. The molecule has 2 rings (SSSR count). The molecular weight excluding hydrogens is 258 g/mol. The van der Waals surface area contributed by atoms with Crippen molar-refractivity contribution in [2.24, 2.45) is 0 Å². The van der Waals surface area contributed by atoms with E-state index in [2.05, 4.69) is 27.0 Å². The van der Waals surface area contributed by atoms with Gasteiger partial charge in [-0.3, -0.25) is 0 Å². The number of pyridine rings is 1. The van der Waals surface area contributed by atoms with Crippen molar-refractivity contribution in [3.05, 3.63) is 26.8 Å². The van der Waals surface area contributed by atoms with Gasteiger partial charge in [0.05, 0.1) is 14.2 Å². The summed E-state index contributed by atoms with van der Waals surface area (Å²) in [5.41, 5.74) is 0.994. The summed E-state index contributed by atoms with van der Waals surface area (Å²) in [4.78, 5) is 4.17. The van der Waals surface area contributed by atoms with Crippen molar-refractivity contribution in [2.75, 3.05) is 0 Å². The van der Waals surface area contributed by atoms with Crippen molar-refractivity contribution in [1.82, 2.24) is 4.98 Å². The summed E-state index contributed by atoms with van der Waals surface area (Å²) in [6.07, 6.45) is 0. The van der Waals surface area contributed by atoms with E-state index in [4.69, 9.17) is 11.6 Å². The largest absolute Gasteiger partial charge is 0.240 e. The average Bonchev–Trinajstić information content (AvgIpc) is 2.29. The number of thiophene rings is 1. The number of rotatable bonds is 0. The van der Waals surface area contributed by atoms with Gasteiger partial charge in [-0.05, 0) is 40.4 Å². The molecule has 0 saturated carbocycles. The third kappa shape index (κ3) is 1.37. The van der Waals surface area contributed by atoms with E-state index in [0.717, 1.165) is 14.9 Å². The van der Waals surface area contributed by atoms with Gasteiger partial charge in [-0.1, -0.05) is 11.6 Å². The maximum Gasteiger partial charge on any atom is 0.130 e. The first-order chi connectivity index (χ1) is 5.66. The molecule has 4 heteroatoms. The molecule has 0 radical (unpaired) electrons. The molecule has 0 aliphatic rings. The minimum Gasteiger partial charge on any atom is -0.240 e. The van der Waals surface area contributed by atoms with E-state index in [1.165, 1.54) is 4.70 Å². The van der Waals surface area contributed by atoms with Crippen molar-refractivity contribution in [1.29, 1.82) is 0 Å². The summed E-state index contributed by atoms with van der Waals surface area (Å²) in [5.74, 6) is 0. The lowest BCUT2D eigenvalue weighted by molar-refractivity contribution is 1.24. The molecule has 0 unspecified atom stereocenters. The molecular formula is C8H5BrClNS. The Labute approximate surface area is 87.5 Å². The number of fused-ring (bicyclic) bond motifs is 1. The van der Waals surface area contributed by atoms with Crippen LogP contribution in [-0.2, 0) is 0 Å². The minimum atomic E-state index is 0.560. The zero-order valence-electron chi connectivity index (χ0n) is 6.27. The molecule has 2 aromatic heterocycles. The standard InChI is InChI=1S/C8H5BrClNS/c1-4-8-5(2-6(9)12-8)3-7(10)11-4/h2-3H,1H3. The van der Waals surface area contributed by atoms with E-state index in [1.54, 1.807) is 11.3 Å². The molecule has 0 aromatic carbocycles. The van der Waals surface area contributed by atoms with Crippen LogP contribution in [-0.4, -0.2) is 4.98 Å². The van der Waals surface area contributed by atoms with Crippen LogP contribution in [0.3, 0.4) is 0 Å². The van der Waals surface area contributed by atoms with E-state index >= 15 is 0 Å². The third-order valence-electron chi connectivity index (χ3n) is 1.61. The van der Waals surface area contributed by atoms with Crippen LogP contribution in [0.25, 0.3) is 10.1 Å². The first-order valence-corrected chi connectivity index (χ1v) is 5.38. The van der Waals surface area contributed by atoms with Crippen LogP contribution in [0.4, 0.5) is 0 Å². The van der Waals surface area contributed by atoms with Gasteiger partial charge in [-0.15, -0.1) is 11.3 Å². The summed E-state index contributed by atoms with van der Waals surface area (Å²) >= 11 is 10.9. The molecule has 0 amide bonds. The van der Waals surface area contributed by atoms with Gasteiger partial charge in [0.15, 0.2) is 0 Å². The Morgan fingerprint density at radius 2 is 2.25 bits per heavy atom. The fourth-order valence-electron chi connectivity index (χ4n) is 1.14. The topological polar surface area (TPSA) is 12.9 Å². The molecule has 0 saturated heterocycles. The average molecular weight is 263 g/mol. The Kier molecular flexibility index (Phi) is 2.10. The molecule has 0 atom stereocenters. The Morgan fingerprint density at radius 1 is 1.50 bits per heavy atom. The van der Waals surface area contributed by atoms with Gasteiger partial charge < -0.3 is 0 Å². The summed E-state index contributed by atoms with van der Waals surface area (Å²) in [7, 11) is 0. The molecule has 0 fully saturated rings. The van der Waals surface area contributed by atoms with E-state index < -0.39 is 0 Å². The van der Waals surface area contributed by atoms with E-state index in [0.29, 0.717) is 5.15 Å². The zero-order chi connectivity index (χ0) is 8.72. The second-order valence-electron chi connectivity index (χ2n) is 2.50. The third-order valence-corrected chi connectivity index (χ3v) is 3.56. The highest BCUT2D eigenvalue weighted by molar-refractivity contribution is 9.11. The highest BCUT2D eigenvalue weighted by Crippen LogP contribution is 2.32. The van der Waals surface area contributed by atoms with Crippen molar-refractivity contribution in [3.8, 4) is 0 Å². The molecule has 62 valence electrons. The second kappa shape index (κ2) is 2.98. The fourth-order valence-corrected chi connectivity index (χ4v) is 2.92. The van der Waals surface area contributed by atoms with E-state index in [1.807, 2.05) is 13.0 Å². The number of aromatic nitrogens is 1. The molecule has 2 aromatic rings. The fraction of sp³-hybridized carbons (Fsp3) is 0.125. The van der Waals surface area contributed by atoms with Gasteiger partial charge in [-0.25, -0.2) is 4.98 Å². The smallest absolute Gasteiger partial charge is 0.130 e. The maximum atomic E-state index is 5.81. The first kappa shape index (κ1) is 8.48. The van der Waals surface area contributed by atoms with Gasteiger partial charge >= 0.3 is 0 Å². The highest BCUT2D eigenvalue weighted by atomic mass is 79.9. The number of hydrogen-bond donors (Lipinski definition) is 0. The predicted molar refractivity (Wildman–Crippen MR) is 57.1 cm³/mol. The van der Waals surface area contributed by atoms with Crippen LogP contribution in [0.1, 0.15) is 5.69 Å². The maximum absolute atomic E-state index is 5.81. The molecule has 0 aliphatic carbocycles. The van der Waals surface area contributed by atoms with Crippen LogP contribution < -0.4 is 0 Å². The molecule has 12 heavy (non-hydrogen) atoms. The zero-order valence-corrected chi connectivity index (χ0v) is 9.42. The molecule has 1 nitrogen and oxygen atoms in total. The lowest BCUT2D eigenvalue weighted by Gasteiger charge is -1.94. The van der Waals surface area contributed by atoms with Crippen molar-refractivity contribution < 1.29 is 0 Å². The molecule has 0 spiro atoms. The van der Waals surface area contributed by atoms with E-state index in [9.17, 15) is 0 Å². The number of halogens is 2. The summed E-state index contributed by atoms with van der Waals surface area (Å²) in [6, 6.07) is 3.94. The number of nitrogens with zero attached hydrogens (tertiary/aromatic N) is 1. The lowest BCUT2D eigenvalue weighted by Crippen LogP contribution is -1.79. The quantitative estimate of drug-likeness (QED) is 0.654. The van der Waals surface area contributed by atoms with Crippen molar-refractivity contribution >= 4 is 49.0 Å². The Balaban J connectivity index is 2.88. The SMILES string of the molecule is Cc1nc(Cl)cc2cc(Br)sc12. The monoisotopic (exact) mass is 261 g/mol. The number of hydrogen-bond acceptors (Lipinski definition) is 2. The van der Waals surface area contributed by atoms with Gasteiger partial charge in [-0.2, -0.15) is 0 Å². The molecule has 0 bridgehead atoms. The van der Waals surface area contributed by atoms with Crippen LogP contribution in [0.15, 0.2) is 15.9 Å². The summed E-state index contributed by atoms with van der Waals surface area (Å²) < 4.78 is 2.32. The Morgan fingerprint density at radius 3 is 3.00 bits per heavy atom. The lowest BCUT2D eigenvalue weighted by atomic mass is 10.3. The predicted octanol–water partition coefficient (Wildman–Crippen LogP) is 4.02. The van der Waals surface area contributed by atoms with Gasteiger partial charge in [0.2, 0.25) is 0 Å². The van der Waals surface area contributed by atoms with Crippen LogP contribution >= 0.6 is 38.9 Å². The highest BCUT2D eigenvalue weighted by Gasteiger charge is 2.04. The van der Waals surface area contributed by atoms with Gasteiger partial charge in [0.25, 0.3) is 0 Å².